The fourth-order valence-corrected chi connectivity index (χ4v) is 8.35. The van der Waals surface area contributed by atoms with Crippen LogP contribution in [0.1, 0.15) is 24.5 Å². The standard InChI is InChI=1S/C35H37BrN6O8/c1-48-19-24-29(21-10-4-2-5-11-21)49-34(47)27-28-32(45)41(16-17-43)31(35(28)18-22(36)30(27)50-35)33(46)40(15-9-3-6-14-26(44)37-24)20-42-25-13-8-7-12-23(25)38-39-42/h2-5,7-13,18,24,27-31,43H,6,14-17,19-20H2,1H3,(H,37,44)/b9-3-/t24-,27+,28-,29-,30+,31+,35-/m1/s1. The van der Waals surface area contributed by atoms with Crippen molar-refractivity contribution in [2.75, 3.05) is 33.4 Å². The second kappa shape index (κ2) is 14.1. The van der Waals surface area contributed by atoms with Crippen LogP contribution in [-0.2, 0) is 40.1 Å². The molecule has 0 saturated carbocycles. The molecule has 0 unspecified atom stereocenters. The Morgan fingerprint density at radius 2 is 1.82 bits per heavy atom. The summed E-state index contributed by atoms with van der Waals surface area (Å²) >= 11 is 3.57. The molecule has 2 N–H and O–H groups in total. The van der Waals surface area contributed by atoms with Crippen molar-refractivity contribution in [1.82, 2.24) is 30.1 Å². The minimum Gasteiger partial charge on any atom is -0.455 e. The van der Waals surface area contributed by atoms with Crippen molar-refractivity contribution in [2.45, 2.75) is 49.4 Å². The highest BCUT2D eigenvalue weighted by Crippen LogP contribution is 2.59. The first-order valence-electron chi connectivity index (χ1n) is 16.5. The van der Waals surface area contributed by atoms with Crippen molar-refractivity contribution in [3.8, 4) is 0 Å². The van der Waals surface area contributed by atoms with Crippen LogP contribution in [0.25, 0.3) is 11.0 Å². The van der Waals surface area contributed by atoms with Gasteiger partial charge in [0.15, 0.2) is 0 Å². The van der Waals surface area contributed by atoms with Crippen LogP contribution in [0.4, 0.5) is 0 Å². The second-order valence-corrected chi connectivity index (χ2v) is 13.7. The highest BCUT2D eigenvalue weighted by Gasteiger charge is 2.75. The first kappa shape index (κ1) is 34.0. The number of carbonyl (C=O) groups excluding carboxylic acids is 4. The summed E-state index contributed by atoms with van der Waals surface area (Å²) in [6, 6.07) is 14.4. The lowest BCUT2D eigenvalue weighted by Gasteiger charge is -2.35. The van der Waals surface area contributed by atoms with Gasteiger partial charge in [-0.2, -0.15) is 0 Å². The number of fused-ring (bicyclic) bond motifs is 3. The van der Waals surface area contributed by atoms with E-state index in [-0.39, 0.29) is 38.7 Å². The predicted molar refractivity (Wildman–Crippen MR) is 181 cm³/mol. The molecule has 4 aliphatic rings. The van der Waals surface area contributed by atoms with Crippen molar-refractivity contribution < 1.29 is 38.5 Å². The number of hydrogen-bond donors (Lipinski definition) is 2. The Morgan fingerprint density at radius 3 is 2.60 bits per heavy atom. The molecule has 1 aromatic heterocycles. The summed E-state index contributed by atoms with van der Waals surface area (Å²) in [7, 11) is 1.49. The number of aromatic nitrogens is 3. The number of para-hydroxylation sites is 1. The van der Waals surface area contributed by atoms with Crippen molar-refractivity contribution >= 4 is 50.7 Å². The largest absolute Gasteiger partial charge is 0.455 e. The van der Waals surface area contributed by atoms with E-state index in [0.717, 1.165) is 0 Å². The number of rotatable bonds is 7. The normalized spacial score (nSPS) is 30.7. The van der Waals surface area contributed by atoms with E-state index in [4.69, 9.17) is 14.2 Å². The van der Waals surface area contributed by atoms with Gasteiger partial charge in [0, 0.05) is 31.1 Å². The summed E-state index contributed by atoms with van der Waals surface area (Å²) in [6.07, 6.45) is 3.94. The fraction of sp³-hybridized carbons (Fsp3) is 0.429. The number of allylic oxidation sites excluding steroid dienone is 1. The molecule has 262 valence electrons. The Bertz CT molecular complexity index is 1850. The summed E-state index contributed by atoms with van der Waals surface area (Å²) in [5.74, 6) is -4.21. The van der Waals surface area contributed by atoms with Crippen LogP contribution in [-0.4, -0.2) is 111 Å². The average molecular weight is 750 g/mol. The molecule has 15 heteroatoms. The van der Waals surface area contributed by atoms with E-state index in [1.54, 1.807) is 41.1 Å². The first-order chi connectivity index (χ1) is 24.3. The van der Waals surface area contributed by atoms with Crippen LogP contribution in [0.5, 0.6) is 0 Å². The quantitative estimate of drug-likeness (QED) is 0.269. The molecule has 14 nitrogen and oxygen atoms in total. The number of hydrogen-bond acceptors (Lipinski definition) is 10. The lowest BCUT2D eigenvalue weighted by molar-refractivity contribution is -0.162. The summed E-state index contributed by atoms with van der Waals surface area (Å²) in [6.45, 7) is -0.431. The van der Waals surface area contributed by atoms with Crippen LogP contribution < -0.4 is 5.32 Å². The molecule has 0 aliphatic carbocycles. The van der Waals surface area contributed by atoms with Crippen LogP contribution in [0.3, 0.4) is 0 Å². The number of aliphatic hydroxyl groups excluding tert-OH is 1. The van der Waals surface area contributed by atoms with Gasteiger partial charge in [0.2, 0.25) is 11.8 Å². The highest BCUT2D eigenvalue weighted by molar-refractivity contribution is 9.11. The number of amides is 3. The summed E-state index contributed by atoms with van der Waals surface area (Å²) in [4.78, 5) is 59.7. The average Bonchev–Trinajstić information content (AvgIpc) is 3.83. The van der Waals surface area contributed by atoms with Gasteiger partial charge in [-0.25, -0.2) is 4.68 Å². The van der Waals surface area contributed by atoms with Gasteiger partial charge in [0.05, 0.1) is 30.7 Å². The zero-order valence-electron chi connectivity index (χ0n) is 27.3. The number of likely N-dealkylation sites (tertiary alicyclic amines) is 1. The number of nitrogens with one attached hydrogen (secondary N) is 1. The Kier molecular flexibility index (Phi) is 9.57. The van der Waals surface area contributed by atoms with Crippen molar-refractivity contribution in [3.05, 3.63) is 82.9 Å². The first-order valence-corrected chi connectivity index (χ1v) is 17.3. The number of esters is 1. The third kappa shape index (κ3) is 5.91. The Morgan fingerprint density at radius 1 is 1.04 bits per heavy atom. The third-order valence-corrected chi connectivity index (χ3v) is 10.4. The molecular weight excluding hydrogens is 712 g/mol. The van der Waals surface area contributed by atoms with Gasteiger partial charge in [0.1, 0.15) is 42.0 Å². The predicted octanol–water partition coefficient (Wildman–Crippen LogP) is 1.85. The van der Waals surface area contributed by atoms with E-state index in [0.29, 0.717) is 27.5 Å². The molecule has 1 spiro atoms. The molecule has 5 bridgehead atoms. The maximum absolute atomic E-state index is 14.8. The van der Waals surface area contributed by atoms with Crippen molar-refractivity contribution in [3.63, 3.8) is 0 Å². The lowest BCUT2D eigenvalue weighted by atomic mass is 9.74. The molecule has 7 atom stereocenters. The van der Waals surface area contributed by atoms with Gasteiger partial charge in [-0.05, 0) is 30.2 Å². The maximum atomic E-state index is 14.8. The Hall–Kier alpha value is -4.44. The minimum absolute atomic E-state index is 0.0141. The molecule has 50 heavy (non-hydrogen) atoms. The van der Waals surface area contributed by atoms with Gasteiger partial charge < -0.3 is 34.4 Å². The molecule has 3 amide bonds. The molecule has 3 aromatic rings. The van der Waals surface area contributed by atoms with E-state index < -0.39 is 66.1 Å². The zero-order valence-corrected chi connectivity index (χ0v) is 28.8. The van der Waals surface area contributed by atoms with E-state index in [2.05, 4.69) is 31.6 Å². The molecule has 7 rings (SSSR count). The molecule has 4 aliphatic heterocycles. The van der Waals surface area contributed by atoms with Gasteiger partial charge in [-0.3, -0.25) is 19.2 Å². The van der Waals surface area contributed by atoms with Crippen LogP contribution in [0.2, 0.25) is 0 Å². The number of halogens is 1. The monoisotopic (exact) mass is 748 g/mol. The van der Waals surface area contributed by atoms with E-state index in [9.17, 15) is 24.3 Å². The number of cyclic esters (lactones) is 1. The lowest BCUT2D eigenvalue weighted by Crippen LogP contribution is -2.56. The molecule has 2 fully saturated rings. The summed E-state index contributed by atoms with van der Waals surface area (Å²) < 4.78 is 20.4. The maximum Gasteiger partial charge on any atom is 0.313 e. The van der Waals surface area contributed by atoms with E-state index in [1.807, 2.05) is 36.4 Å². The van der Waals surface area contributed by atoms with Gasteiger partial charge in [-0.1, -0.05) is 75.8 Å². The van der Waals surface area contributed by atoms with Crippen LogP contribution in [0, 0.1) is 11.8 Å². The number of ether oxygens (including phenoxy) is 3. The SMILES string of the molecule is COC[C@H]1NC(=O)CC/C=C\CN(Cn2nnc3ccccc32)C(=O)[C@@H]2N(CCO)C(=O)[C@H]3[C@H](C(=O)O[C@@H]1c1ccccc1)[C@H]1O[C@@]23C=C1Br. The van der Waals surface area contributed by atoms with Gasteiger partial charge in [-0.15, -0.1) is 5.10 Å². The van der Waals surface area contributed by atoms with Crippen LogP contribution >= 0.6 is 15.9 Å². The smallest absolute Gasteiger partial charge is 0.313 e. The number of β-amino-alcohol motifs (C(OH)–C–C–N with tert-alkyl or cyclic N) is 1. The Labute approximate surface area is 296 Å². The van der Waals surface area contributed by atoms with Crippen molar-refractivity contribution in [1.29, 1.82) is 0 Å². The molecule has 5 heterocycles. The molecular formula is C35H37BrN6O8. The number of aliphatic hydroxyl groups is 1. The minimum atomic E-state index is -1.53. The molecule has 2 aromatic carbocycles. The third-order valence-electron chi connectivity index (χ3n) is 9.77. The van der Waals surface area contributed by atoms with E-state index >= 15 is 0 Å². The van der Waals surface area contributed by atoms with Crippen molar-refractivity contribution in [2.24, 2.45) is 11.8 Å². The van der Waals surface area contributed by atoms with Gasteiger partial charge in [0.25, 0.3) is 5.91 Å². The summed E-state index contributed by atoms with van der Waals surface area (Å²) in [5.41, 5.74) is 0.449. The molecule has 0 radical (unpaired) electrons. The number of nitrogens with zero attached hydrogens (tertiary/aromatic N) is 5. The van der Waals surface area contributed by atoms with E-state index in [1.165, 1.54) is 16.9 Å². The highest BCUT2D eigenvalue weighted by atomic mass is 79.9. The number of benzene rings is 2. The fourth-order valence-electron chi connectivity index (χ4n) is 7.61. The van der Waals surface area contributed by atoms with Gasteiger partial charge >= 0.3 is 5.97 Å². The number of carbonyl (C=O) groups is 4. The van der Waals surface area contributed by atoms with Crippen LogP contribution in [0.15, 0.2) is 77.3 Å². The number of methoxy groups -OCH3 is 1. The zero-order chi connectivity index (χ0) is 35.0. The summed E-state index contributed by atoms with van der Waals surface area (Å²) in [5, 5.41) is 21.6. The second-order valence-electron chi connectivity index (χ2n) is 12.8. The topological polar surface area (TPSA) is 165 Å². The Balaban J connectivity index is 1.32. The molecule has 2 saturated heterocycles.